The number of rotatable bonds is 0. The van der Waals surface area contributed by atoms with Crippen molar-refractivity contribution >= 4 is 11.5 Å². The fraction of sp³-hybridized carbons (Fsp3) is 0.625. The van der Waals surface area contributed by atoms with Crippen molar-refractivity contribution in [3.8, 4) is 0 Å². The van der Waals surface area contributed by atoms with Crippen LogP contribution < -0.4 is 0 Å². The smallest absolute Gasteiger partial charge is 0.0441 e. The maximum atomic E-state index is 4.19. The molecule has 0 spiro atoms. The van der Waals surface area contributed by atoms with E-state index in [2.05, 4.69) is 4.37 Å². The second-order valence-corrected chi connectivity index (χ2v) is 3.72. The summed E-state index contributed by atoms with van der Waals surface area (Å²) in [4.78, 5) is 1.54. The van der Waals surface area contributed by atoms with E-state index in [0.29, 0.717) is 0 Å². The zero-order valence-electron chi connectivity index (χ0n) is 5.97. The van der Waals surface area contributed by atoms with Crippen LogP contribution in [0.15, 0.2) is 6.20 Å². The molecule has 0 radical (unpaired) electrons. The van der Waals surface area contributed by atoms with Crippen LogP contribution in [0.5, 0.6) is 0 Å². The highest BCUT2D eigenvalue weighted by atomic mass is 32.1. The molecular weight excluding hydrogens is 142 g/mol. The minimum atomic E-state index is 1.27. The van der Waals surface area contributed by atoms with E-state index >= 15 is 0 Å². The van der Waals surface area contributed by atoms with Gasteiger partial charge in [-0.25, -0.2) is 4.37 Å². The van der Waals surface area contributed by atoms with Crippen molar-refractivity contribution in [3.05, 3.63) is 16.6 Å². The summed E-state index contributed by atoms with van der Waals surface area (Å²) >= 11 is 1.69. The highest BCUT2D eigenvalue weighted by molar-refractivity contribution is 7.05. The van der Waals surface area contributed by atoms with Gasteiger partial charge in [0.1, 0.15) is 0 Å². The van der Waals surface area contributed by atoms with Crippen LogP contribution in [0.3, 0.4) is 0 Å². The summed E-state index contributed by atoms with van der Waals surface area (Å²) in [6.45, 7) is 0. The van der Waals surface area contributed by atoms with Crippen molar-refractivity contribution in [2.45, 2.75) is 32.1 Å². The normalized spacial score (nSPS) is 18.0. The average molecular weight is 153 g/mol. The van der Waals surface area contributed by atoms with Crippen molar-refractivity contribution in [1.29, 1.82) is 0 Å². The predicted octanol–water partition coefficient (Wildman–Crippen LogP) is 2.41. The van der Waals surface area contributed by atoms with Gasteiger partial charge in [0.05, 0.1) is 0 Å². The Morgan fingerprint density at radius 3 is 3.10 bits per heavy atom. The van der Waals surface area contributed by atoms with Gasteiger partial charge < -0.3 is 0 Å². The van der Waals surface area contributed by atoms with Crippen LogP contribution in [0.25, 0.3) is 0 Å². The summed E-state index contributed by atoms with van der Waals surface area (Å²) in [6, 6.07) is 0. The van der Waals surface area contributed by atoms with E-state index in [4.69, 9.17) is 0 Å². The average Bonchev–Trinajstić information content (AvgIpc) is 2.28. The lowest BCUT2D eigenvalue weighted by Gasteiger charge is -1.90. The fourth-order valence-electron chi connectivity index (χ4n) is 1.47. The Morgan fingerprint density at radius 2 is 2.10 bits per heavy atom. The standard InChI is InChI=1S/C8H11NS/c1-2-4-7-6-9-10-8(7)5-3-1/h6H,1-5H2. The second-order valence-electron chi connectivity index (χ2n) is 2.83. The summed E-state index contributed by atoms with van der Waals surface area (Å²) in [5.41, 5.74) is 1.52. The van der Waals surface area contributed by atoms with Crippen molar-refractivity contribution < 1.29 is 0 Å². The Kier molecular flexibility index (Phi) is 1.72. The molecule has 0 aromatic carbocycles. The quantitative estimate of drug-likeness (QED) is 0.522. The molecule has 10 heavy (non-hydrogen) atoms. The maximum absolute atomic E-state index is 4.19. The van der Waals surface area contributed by atoms with Gasteiger partial charge in [-0.1, -0.05) is 6.42 Å². The van der Waals surface area contributed by atoms with Crippen LogP contribution in [0.1, 0.15) is 29.7 Å². The molecule has 0 unspecified atom stereocenters. The largest absolute Gasteiger partial charge is 0.201 e. The molecule has 1 heterocycles. The van der Waals surface area contributed by atoms with Crippen LogP contribution in [-0.4, -0.2) is 4.37 Å². The molecule has 0 saturated heterocycles. The third-order valence-corrected chi connectivity index (χ3v) is 2.98. The molecule has 2 heteroatoms. The van der Waals surface area contributed by atoms with Crippen molar-refractivity contribution in [2.24, 2.45) is 0 Å². The maximum Gasteiger partial charge on any atom is 0.0441 e. The Hall–Kier alpha value is -0.370. The Balaban J connectivity index is 2.28. The molecule has 0 amide bonds. The SMILES string of the molecule is c1nsc2c1CCCCC2. The molecule has 1 aliphatic carbocycles. The Labute approximate surface area is 65.3 Å². The third kappa shape index (κ3) is 1.08. The first-order valence-electron chi connectivity index (χ1n) is 3.89. The summed E-state index contributed by atoms with van der Waals surface area (Å²) in [6.07, 6.45) is 8.74. The number of fused-ring (bicyclic) bond motifs is 1. The molecular formula is C8H11NS. The van der Waals surface area contributed by atoms with Gasteiger partial charge in [0.2, 0.25) is 0 Å². The van der Waals surface area contributed by atoms with Crippen molar-refractivity contribution in [1.82, 2.24) is 4.37 Å². The molecule has 0 aliphatic heterocycles. The fourth-order valence-corrected chi connectivity index (χ4v) is 2.29. The van der Waals surface area contributed by atoms with Gasteiger partial charge in [-0.2, -0.15) is 0 Å². The van der Waals surface area contributed by atoms with Crippen LogP contribution in [0.4, 0.5) is 0 Å². The molecule has 2 rings (SSSR count). The molecule has 0 fully saturated rings. The number of hydrogen-bond acceptors (Lipinski definition) is 2. The zero-order chi connectivity index (χ0) is 6.81. The Bertz CT molecular complexity index is 196. The summed E-state index contributed by atoms with van der Waals surface area (Å²) in [7, 11) is 0. The van der Waals surface area contributed by atoms with E-state index in [1.54, 1.807) is 11.5 Å². The minimum absolute atomic E-state index is 1.27. The third-order valence-electron chi connectivity index (χ3n) is 2.08. The molecule has 1 aromatic rings. The monoisotopic (exact) mass is 153 g/mol. The molecule has 54 valence electrons. The first kappa shape index (κ1) is 6.35. The molecule has 0 bridgehead atoms. The van der Waals surface area contributed by atoms with Gasteiger partial charge in [-0.15, -0.1) is 0 Å². The van der Waals surface area contributed by atoms with Crippen LogP contribution in [0, 0.1) is 0 Å². The summed E-state index contributed by atoms with van der Waals surface area (Å²) in [5.74, 6) is 0. The lowest BCUT2D eigenvalue weighted by atomic mass is 10.2. The van der Waals surface area contributed by atoms with E-state index in [1.807, 2.05) is 6.20 Å². The first-order chi connectivity index (χ1) is 4.97. The molecule has 1 nitrogen and oxygen atoms in total. The van der Waals surface area contributed by atoms with Crippen LogP contribution in [0.2, 0.25) is 0 Å². The first-order valence-corrected chi connectivity index (χ1v) is 4.66. The van der Waals surface area contributed by atoms with E-state index in [1.165, 1.54) is 42.5 Å². The van der Waals surface area contributed by atoms with E-state index < -0.39 is 0 Å². The highest BCUT2D eigenvalue weighted by Gasteiger charge is 2.08. The van der Waals surface area contributed by atoms with Crippen molar-refractivity contribution in [2.75, 3.05) is 0 Å². The molecule has 0 saturated carbocycles. The van der Waals surface area contributed by atoms with Gasteiger partial charge in [-0.05, 0) is 42.8 Å². The summed E-state index contributed by atoms with van der Waals surface area (Å²) in [5, 5.41) is 0. The number of aromatic nitrogens is 1. The van der Waals surface area contributed by atoms with Crippen molar-refractivity contribution in [3.63, 3.8) is 0 Å². The lowest BCUT2D eigenvalue weighted by Crippen LogP contribution is -1.80. The number of hydrogen-bond donors (Lipinski definition) is 0. The summed E-state index contributed by atoms with van der Waals surface area (Å²) < 4.78 is 4.19. The van der Waals surface area contributed by atoms with Gasteiger partial charge >= 0.3 is 0 Å². The topological polar surface area (TPSA) is 12.9 Å². The van der Waals surface area contributed by atoms with Gasteiger partial charge in [0.15, 0.2) is 0 Å². The minimum Gasteiger partial charge on any atom is -0.201 e. The lowest BCUT2D eigenvalue weighted by molar-refractivity contribution is 0.712. The van der Waals surface area contributed by atoms with Gasteiger partial charge in [-0.3, -0.25) is 0 Å². The van der Waals surface area contributed by atoms with Crippen LogP contribution in [-0.2, 0) is 12.8 Å². The highest BCUT2D eigenvalue weighted by Crippen LogP contribution is 2.22. The van der Waals surface area contributed by atoms with Crippen LogP contribution >= 0.6 is 11.5 Å². The van der Waals surface area contributed by atoms with Gasteiger partial charge in [0.25, 0.3) is 0 Å². The molecule has 1 aliphatic rings. The van der Waals surface area contributed by atoms with E-state index in [0.717, 1.165) is 0 Å². The molecule has 0 N–H and O–H groups in total. The predicted molar refractivity (Wildman–Crippen MR) is 43.4 cm³/mol. The molecule has 1 aromatic heterocycles. The number of aryl methyl sites for hydroxylation is 2. The second kappa shape index (κ2) is 2.70. The zero-order valence-corrected chi connectivity index (χ0v) is 6.78. The van der Waals surface area contributed by atoms with Gasteiger partial charge in [0, 0.05) is 11.1 Å². The molecule has 0 atom stereocenters. The Morgan fingerprint density at radius 1 is 1.20 bits per heavy atom. The number of nitrogens with zero attached hydrogens (tertiary/aromatic N) is 1. The van der Waals surface area contributed by atoms with E-state index in [-0.39, 0.29) is 0 Å². The van der Waals surface area contributed by atoms with E-state index in [9.17, 15) is 0 Å².